The van der Waals surface area contributed by atoms with Gasteiger partial charge in [-0.2, -0.15) is 4.68 Å². The Hall–Kier alpha value is -5.11. The zero-order valence-corrected chi connectivity index (χ0v) is 24.6. The molecule has 0 bridgehead atoms. The predicted molar refractivity (Wildman–Crippen MR) is 152 cm³/mol. The maximum Gasteiger partial charge on any atom is 0.303 e. The molecule has 3 aromatic rings. The molecule has 2 heterocycles. The molecular weight excluding hydrogens is 578 g/mol. The van der Waals surface area contributed by atoms with E-state index in [9.17, 15) is 28.8 Å². The molecule has 0 radical (unpaired) electrons. The molecule has 1 aliphatic rings. The summed E-state index contributed by atoms with van der Waals surface area (Å²) in [4.78, 5) is 80.9. The van der Waals surface area contributed by atoms with Crippen molar-refractivity contribution in [2.45, 2.75) is 65.3 Å². The molecule has 4 rings (SSSR count). The number of para-hydroxylation sites is 1. The average Bonchev–Trinajstić information content (AvgIpc) is 2.95. The Balaban J connectivity index is 2.01. The fourth-order valence-corrected chi connectivity index (χ4v) is 4.93. The maximum absolute atomic E-state index is 14.1. The lowest BCUT2D eigenvalue weighted by molar-refractivity contribution is -0.254. The van der Waals surface area contributed by atoms with E-state index in [1.807, 2.05) is 0 Å². The van der Waals surface area contributed by atoms with Crippen LogP contribution in [-0.2, 0) is 47.7 Å². The maximum atomic E-state index is 14.1. The molecule has 0 saturated carbocycles. The third kappa shape index (κ3) is 6.92. The van der Waals surface area contributed by atoms with Crippen LogP contribution in [0, 0.1) is 0 Å². The first kappa shape index (κ1) is 31.8. The highest BCUT2D eigenvalue weighted by Crippen LogP contribution is 2.32. The van der Waals surface area contributed by atoms with E-state index in [0.717, 1.165) is 44.3 Å². The van der Waals surface area contributed by atoms with Crippen molar-refractivity contribution in [2.24, 2.45) is 0 Å². The number of carbonyl (C=O) groups excluding carboxylic acids is 5. The first-order valence-corrected chi connectivity index (χ1v) is 13.6. The van der Waals surface area contributed by atoms with Gasteiger partial charge in [-0.05, 0) is 12.1 Å². The smallest absolute Gasteiger partial charge is 0.303 e. The summed E-state index contributed by atoms with van der Waals surface area (Å²) in [7, 11) is 0. The Morgan fingerprint density at radius 2 is 1.34 bits per heavy atom. The van der Waals surface area contributed by atoms with Gasteiger partial charge in [-0.3, -0.25) is 28.8 Å². The van der Waals surface area contributed by atoms with Crippen LogP contribution < -0.4 is 10.6 Å². The van der Waals surface area contributed by atoms with Crippen molar-refractivity contribution in [3.05, 3.63) is 65.0 Å². The highest BCUT2D eigenvalue weighted by atomic mass is 16.7. The van der Waals surface area contributed by atoms with E-state index in [0.29, 0.717) is 11.1 Å². The normalized spacial score (nSPS) is 21.2. The van der Waals surface area contributed by atoms with Crippen LogP contribution in [0.4, 0.5) is 0 Å². The molecule has 5 atom stereocenters. The number of aromatic nitrogens is 2. The minimum atomic E-state index is -1.68. The van der Waals surface area contributed by atoms with Crippen LogP contribution in [-0.4, -0.2) is 76.7 Å². The Morgan fingerprint density at radius 3 is 1.93 bits per heavy atom. The summed E-state index contributed by atoms with van der Waals surface area (Å²) in [6.45, 7) is 5.01. The zero-order valence-electron chi connectivity index (χ0n) is 24.6. The Labute approximate surface area is 251 Å². The summed E-state index contributed by atoms with van der Waals surface area (Å²) >= 11 is 0. The van der Waals surface area contributed by atoms with Gasteiger partial charge in [-0.25, -0.2) is 9.99 Å². The minimum Gasteiger partial charge on any atom is -0.463 e. The molecule has 1 fully saturated rings. The van der Waals surface area contributed by atoms with Gasteiger partial charge in [0.2, 0.25) is 5.91 Å². The predicted octanol–water partition coefficient (Wildman–Crippen LogP) is 1.63. The highest BCUT2D eigenvalue weighted by Gasteiger charge is 2.55. The molecule has 0 spiro atoms. The summed E-state index contributed by atoms with van der Waals surface area (Å²) in [5.41, 5.74) is 0.127. The second-order valence-electron chi connectivity index (χ2n) is 9.89. The van der Waals surface area contributed by atoms with Gasteiger partial charge < -0.3 is 23.7 Å². The van der Waals surface area contributed by atoms with Crippen molar-refractivity contribution in [3.63, 3.8) is 0 Å². The van der Waals surface area contributed by atoms with Crippen LogP contribution in [0.5, 0.6) is 0 Å². The molecule has 232 valence electrons. The van der Waals surface area contributed by atoms with Crippen molar-refractivity contribution in [1.29, 1.82) is 0 Å². The molecule has 14 heteroatoms. The molecule has 1 amide bonds. The largest absolute Gasteiger partial charge is 0.463 e. The number of esters is 4. The van der Waals surface area contributed by atoms with E-state index in [1.54, 1.807) is 48.5 Å². The van der Waals surface area contributed by atoms with Gasteiger partial charge in [-0.1, -0.05) is 42.5 Å². The van der Waals surface area contributed by atoms with Gasteiger partial charge in [0, 0.05) is 40.2 Å². The van der Waals surface area contributed by atoms with E-state index < -0.39 is 72.6 Å². The summed E-state index contributed by atoms with van der Waals surface area (Å²) in [5.74, 6) is -3.95. The Morgan fingerprint density at radius 1 is 0.773 bits per heavy atom. The molecule has 1 saturated heterocycles. The standard InChI is InChI=1S/C30H31N3O11/c1-16(34)32(33-28(21-11-7-6-8-12-21)31-23-14-10-9-13-22(23)29(33)39)30-27(43-20(5)38)26(42-19(4)37)25(41-18(3)36)24(44-30)15-40-17(2)35/h6-14,24-27,30H,15H2,1-5H3/t24-,25-,26+,27-,30-/m1/s1. The van der Waals surface area contributed by atoms with Crippen LogP contribution in [0.1, 0.15) is 34.6 Å². The number of nitrogens with zero attached hydrogens (tertiary/aromatic N) is 3. The molecule has 1 aromatic heterocycles. The third-order valence-electron chi connectivity index (χ3n) is 6.53. The second kappa shape index (κ2) is 13.5. The average molecular weight is 610 g/mol. The summed E-state index contributed by atoms with van der Waals surface area (Å²) in [6, 6.07) is 15.1. The third-order valence-corrected chi connectivity index (χ3v) is 6.53. The summed E-state index contributed by atoms with van der Waals surface area (Å²) in [5, 5.41) is 1.04. The number of hydrogen-bond acceptors (Lipinski definition) is 12. The quantitative estimate of drug-likeness (QED) is 0.268. The Bertz CT molecular complexity index is 1640. The molecular formula is C30H31N3O11. The molecule has 44 heavy (non-hydrogen) atoms. The number of rotatable bonds is 8. The minimum absolute atomic E-state index is 0.0392. The first-order chi connectivity index (χ1) is 20.9. The lowest BCUT2D eigenvalue weighted by atomic mass is 9.96. The van der Waals surface area contributed by atoms with Crippen LogP contribution in [0.2, 0.25) is 0 Å². The van der Waals surface area contributed by atoms with E-state index in [-0.39, 0.29) is 11.2 Å². The number of fused-ring (bicyclic) bond motifs is 1. The van der Waals surface area contributed by atoms with Crippen LogP contribution >= 0.6 is 0 Å². The van der Waals surface area contributed by atoms with E-state index in [4.69, 9.17) is 23.7 Å². The number of carbonyl (C=O) groups is 5. The first-order valence-electron chi connectivity index (χ1n) is 13.6. The lowest BCUT2D eigenvalue weighted by Gasteiger charge is -2.47. The number of hydrogen-bond donors (Lipinski definition) is 0. The molecule has 14 nitrogen and oxygen atoms in total. The van der Waals surface area contributed by atoms with Crippen molar-refractivity contribution >= 4 is 40.7 Å². The van der Waals surface area contributed by atoms with Gasteiger partial charge >= 0.3 is 23.9 Å². The molecule has 0 N–H and O–H groups in total. The van der Waals surface area contributed by atoms with Gasteiger partial charge in [-0.15, -0.1) is 0 Å². The monoisotopic (exact) mass is 609 g/mol. The van der Waals surface area contributed by atoms with Crippen molar-refractivity contribution in [2.75, 3.05) is 11.6 Å². The van der Waals surface area contributed by atoms with Gasteiger partial charge in [0.1, 0.15) is 12.7 Å². The van der Waals surface area contributed by atoms with Gasteiger partial charge in [0.15, 0.2) is 30.4 Å². The summed E-state index contributed by atoms with van der Waals surface area (Å²) in [6.07, 6.45) is -7.69. The molecule has 2 aromatic carbocycles. The van der Waals surface area contributed by atoms with E-state index in [2.05, 4.69) is 4.98 Å². The fourth-order valence-electron chi connectivity index (χ4n) is 4.93. The highest BCUT2D eigenvalue weighted by molar-refractivity contribution is 5.87. The zero-order chi connectivity index (χ0) is 32.1. The van der Waals surface area contributed by atoms with Gasteiger partial charge in [0.05, 0.1) is 10.9 Å². The van der Waals surface area contributed by atoms with Gasteiger partial charge in [0.25, 0.3) is 5.56 Å². The van der Waals surface area contributed by atoms with Crippen molar-refractivity contribution in [3.8, 4) is 11.4 Å². The Kier molecular flexibility index (Phi) is 9.73. The van der Waals surface area contributed by atoms with Crippen LogP contribution in [0.25, 0.3) is 22.3 Å². The topological polar surface area (TPSA) is 170 Å². The number of amides is 1. The number of benzene rings is 2. The lowest BCUT2D eigenvalue weighted by Crippen LogP contribution is -2.69. The van der Waals surface area contributed by atoms with E-state index >= 15 is 0 Å². The van der Waals surface area contributed by atoms with Crippen molar-refractivity contribution in [1.82, 2.24) is 9.66 Å². The fraction of sp³-hybridized carbons (Fsp3) is 0.367. The van der Waals surface area contributed by atoms with Crippen molar-refractivity contribution < 1.29 is 47.7 Å². The van der Waals surface area contributed by atoms with Crippen LogP contribution in [0.3, 0.4) is 0 Å². The second-order valence-corrected chi connectivity index (χ2v) is 9.89. The SMILES string of the molecule is CC(=O)OC[C@H]1O[C@@H](N(C(C)=O)n2c(-c3ccccc3)nc3ccccc3c2=O)[C@H](OC(C)=O)[C@@H](OC(C)=O)[C@@H]1OC(C)=O. The molecule has 1 aliphatic heterocycles. The number of ether oxygens (including phenoxy) is 5. The van der Waals surface area contributed by atoms with E-state index in [1.165, 1.54) is 6.07 Å². The molecule has 0 unspecified atom stereocenters. The molecule has 0 aliphatic carbocycles. The summed E-state index contributed by atoms with van der Waals surface area (Å²) < 4.78 is 28.8. The van der Waals surface area contributed by atoms with Crippen LogP contribution in [0.15, 0.2) is 59.4 Å².